The molecule has 0 bridgehead atoms. The molecule has 0 saturated carbocycles. The lowest BCUT2D eigenvalue weighted by atomic mass is 10.0. The Morgan fingerprint density at radius 3 is 2.58 bits per heavy atom. The average Bonchev–Trinajstić information content (AvgIpc) is 2.37. The summed E-state index contributed by atoms with van der Waals surface area (Å²) in [5.41, 5.74) is 0.244. The van der Waals surface area contributed by atoms with Crippen molar-refractivity contribution in [1.29, 1.82) is 0 Å². The first-order valence-corrected chi connectivity index (χ1v) is 6.09. The summed E-state index contributed by atoms with van der Waals surface area (Å²) in [5, 5.41) is 20.3. The number of aliphatic hydroxyl groups is 1. The van der Waals surface area contributed by atoms with E-state index in [2.05, 4.69) is 0 Å². The van der Waals surface area contributed by atoms with Crippen LogP contribution in [0.3, 0.4) is 0 Å². The largest absolute Gasteiger partial charge is 0.487 e. The molecule has 1 N–H and O–H groups in total. The molecular weight excluding hydrogens is 248 g/mol. The third-order valence-electron chi connectivity index (χ3n) is 3.12. The number of nitro benzene ring substituents is 1. The van der Waals surface area contributed by atoms with E-state index in [-0.39, 0.29) is 18.0 Å². The van der Waals surface area contributed by atoms with Gasteiger partial charge in [0.2, 0.25) is 0 Å². The van der Waals surface area contributed by atoms with Gasteiger partial charge in [0, 0.05) is 24.9 Å². The number of ether oxygens (including phenoxy) is 1. The van der Waals surface area contributed by atoms with Crippen LogP contribution in [0.1, 0.15) is 20.8 Å². The van der Waals surface area contributed by atoms with Crippen LogP contribution in [0.15, 0.2) is 18.2 Å². The van der Waals surface area contributed by atoms with Gasteiger partial charge in [-0.3, -0.25) is 10.1 Å². The van der Waals surface area contributed by atoms with Crippen LogP contribution in [0, 0.1) is 10.1 Å². The van der Waals surface area contributed by atoms with Gasteiger partial charge < -0.3 is 14.7 Å². The summed E-state index contributed by atoms with van der Waals surface area (Å²) in [6.45, 7) is 5.88. The van der Waals surface area contributed by atoms with Crippen LogP contribution in [0.5, 0.6) is 5.75 Å². The molecule has 1 aromatic rings. The minimum absolute atomic E-state index is 0.0234. The Kier molecular flexibility index (Phi) is 4.72. The second kappa shape index (κ2) is 5.88. The molecule has 106 valence electrons. The highest BCUT2D eigenvalue weighted by atomic mass is 16.6. The molecule has 0 fully saturated rings. The Morgan fingerprint density at radius 1 is 1.47 bits per heavy atom. The van der Waals surface area contributed by atoms with Gasteiger partial charge >= 0.3 is 5.69 Å². The summed E-state index contributed by atoms with van der Waals surface area (Å²) in [6, 6.07) is 4.70. The third-order valence-corrected chi connectivity index (χ3v) is 3.12. The van der Waals surface area contributed by atoms with Crippen molar-refractivity contribution in [3.05, 3.63) is 28.3 Å². The van der Waals surface area contributed by atoms with Crippen molar-refractivity contribution in [2.24, 2.45) is 0 Å². The Balaban J connectivity index is 3.18. The van der Waals surface area contributed by atoms with E-state index >= 15 is 0 Å². The van der Waals surface area contributed by atoms with Crippen LogP contribution >= 0.6 is 0 Å². The van der Waals surface area contributed by atoms with Crippen molar-refractivity contribution in [1.82, 2.24) is 0 Å². The van der Waals surface area contributed by atoms with Gasteiger partial charge in [0.25, 0.3) is 0 Å². The van der Waals surface area contributed by atoms with Gasteiger partial charge in [-0.05, 0) is 26.8 Å². The van der Waals surface area contributed by atoms with Crippen molar-refractivity contribution in [2.75, 3.05) is 25.2 Å². The highest BCUT2D eigenvalue weighted by molar-refractivity contribution is 5.60. The van der Waals surface area contributed by atoms with Crippen molar-refractivity contribution >= 4 is 11.4 Å². The number of rotatable bonds is 6. The quantitative estimate of drug-likeness (QED) is 0.632. The molecule has 6 nitrogen and oxygen atoms in total. The molecule has 0 aliphatic carbocycles. The molecule has 0 radical (unpaired) electrons. The van der Waals surface area contributed by atoms with E-state index in [1.54, 1.807) is 19.1 Å². The molecule has 0 spiro atoms. The van der Waals surface area contributed by atoms with Crippen LogP contribution in [-0.2, 0) is 0 Å². The van der Waals surface area contributed by atoms with E-state index in [1.165, 1.54) is 6.07 Å². The maximum absolute atomic E-state index is 10.9. The van der Waals surface area contributed by atoms with E-state index in [9.17, 15) is 15.2 Å². The average molecular weight is 268 g/mol. The molecule has 0 atom stereocenters. The maximum Gasteiger partial charge on any atom is 0.311 e. The van der Waals surface area contributed by atoms with E-state index in [0.717, 1.165) is 5.69 Å². The lowest BCUT2D eigenvalue weighted by Gasteiger charge is -2.35. The first kappa shape index (κ1) is 15.2. The van der Waals surface area contributed by atoms with Gasteiger partial charge in [-0.2, -0.15) is 0 Å². The number of nitrogens with zero attached hydrogens (tertiary/aromatic N) is 2. The SMILES string of the molecule is CCOc1cc(N(C)C(C)(C)CO)ccc1[N+](=O)[O-]. The minimum Gasteiger partial charge on any atom is -0.487 e. The first-order valence-electron chi connectivity index (χ1n) is 6.09. The van der Waals surface area contributed by atoms with E-state index in [0.29, 0.717) is 6.61 Å². The lowest BCUT2D eigenvalue weighted by molar-refractivity contribution is -0.385. The number of benzene rings is 1. The number of aliphatic hydroxyl groups excluding tert-OH is 1. The molecule has 1 rings (SSSR count). The summed E-state index contributed by atoms with van der Waals surface area (Å²) in [5.74, 6) is 0.241. The Morgan fingerprint density at radius 2 is 2.11 bits per heavy atom. The second-order valence-electron chi connectivity index (χ2n) is 4.87. The zero-order chi connectivity index (χ0) is 14.6. The Bertz CT molecular complexity index is 460. The summed E-state index contributed by atoms with van der Waals surface area (Å²) in [6.07, 6.45) is 0. The first-order chi connectivity index (χ1) is 8.83. The Labute approximate surface area is 112 Å². The van der Waals surface area contributed by atoms with Gasteiger partial charge in [-0.1, -0.05) is 0 Å². The molecule has 0 unspecified atom stereocenters. The Hall–Kier alpha value is -1.82. The zero-order valence-electron chi connectivity index (χ0n) is 11.7. The number of hydrogen-bond donors (Lipinski definition) is 1. The smallest absolute Gasteiger partial charge is 0.311 e. The van der Waals surface area contributed by atoms with Crippen LogP contribution in [0.4, 0.5) is 11.4 Å². The van der Waals surface area contributed by atoms with E-state index in [4.69, 9.17) is 4.74 Å². The second-order valence-corrected chi connectivity index (χ2v) is 4.87. The molecule has 0 amide bonds. The predicted octanol–water partition coefficient (Wildman–Crippen LogP) is 2.20. The number of nitro groups is 1. The molecule has 1 aromatic carbocycles. The summed E-state index contributed by atoms with van der Waals surface area (Å²) < 4.78 is 5.30. The van der Waals surface area contributed by atoms with Crippen molar-refractivity contribution in [3.8, 4) is 5.75 Å². The zero-order valence-corrected chi connectivity index (χ0v) is 11.7. The van der Waals surface area contributed by atoms with Gasteiger partial charge in [-0.25, -0.2) is 0 Å². The fourth-order valence-corrected chi connectivity index (χ4v) is 1.59. The predicted molar refractivity (Wildman–Crippen MR) is 73.8 cm³/mol. The third kappa shape index (κ3) is 3.35. The molecule has 19 heavy (non-hydrogen) atoms. The maximum atomic E-state index is 10.9. The van der Waals surface area contributed by atoms with Crippen molar-refractivity contribution in [2.45, 2.75) is 26.3 Å². The molecular formula is C13H20N2O4. The van der Waals surface area contributed by atoms with Gasteiger partial charge in [0.1, 0.15) is 0 Å². The van der Waals surface area contributed by atoms with Gasteiger partial charge in [0.05, 0.1) is 23.7 Å². The van der Waals surface area contributed by atoms with Crippen LogP contribution in [0.25, 0.3) is 0 Å². The fraction of sp³-hybridized carbons (Fsp3) is 0.538. The molecule has 0 aliphatic heterocycles. The topological polar surface area (TPSA) is 75.8 Å². The summed E-state index contributed by atoms with van der Waals surface area (Å²) >= 11 is 0. The molecule has 0 aromatic heterocycles. The lowest BCUT2D eigenvalue weighted by Crippen LogP contribution is -2.44. The van der Waals surface area contributed by atoms with Crippen molar-refractivity contribution in [3.63, 3.8) is 0 Å². The highest BCUT2D eigenvalue weighted by Gasteiger charge is 2.25. The van der Waals surface area contributed by atoms with E-state index < -0.39 is 10.5 Å². The number of likely N-dealkylation sites (N-methyl/N-ethyl adjacent to an activating group) is 1. The molecule has 0 saturated heterocycles. The summed E-state index contributed by atoms with van der Waals surface area (Å²) in [7, 11) is 1.83. The van der Waals surface area contributed by atoms with Crippen LogP contribution in [-0.4, -0.2) is 35.8 Å². The molecule has 6 heteroatoms. The standard InChI is InChI=1S/C13H20N2O4/c1-5-19-12-8-10(6-7-11(12)15(17)18)14(4)13(2,3)9-16/h6-8,16H,5,9H2,1-4H3. The van der Waals surface area contributed by atoms with Gasteiger partial charge in [0.15, 0.2) is 5.75 Å². The van der Waals surface area contributed by atoms with Gasteiger partial charge in [-0.15, -0.1) is 0 Å². The highest BCUT2D eigenvalue weighted by Crippen LogP contribution is 2.33. The van der Waals surface area contributed by atoms with Crippen LogP contribution < -0.4 is 9.64 Å². The van der Waals surface area contributed by atoms with Crippen LogP contribution in [0.2, 0.25) is 0 Å². The fourth-order valence-electron chi connectivity index (χ4n) is 1.59. The monoisotopic (exact) mass is 268 g/mol. The normalized spacial score (nSPS) is 11.2. The molecule has 0 heterocycles. The van der Waals surface area contributed by atoms with E-state index in [1.807, 2.05) is 25.8 Å². The van der Waals surface area contributed by atoms with Crippen molar-refractivity contribution < 1.29 is 14.8 Å². The number of anilines is 1. The summed E-state index contributed by atoms with van der Waals surface area (Å²) in [4.78, 5) is 12.3. The number of hydrogen-bond acceptors (Lipinski definition) is 5. The minimum atomic E-state index is -0.466. The molecule has 0 aliphatic rings.